The Hall–Kier alpha value is -2.31. The Morgan fingerprint density at radius 3 is 2.56 bits per heavy atom. The van der Waals surface area contributed by atoms with E-state index >= 15 is 0 Å². The molecule has 0 radical (unpaired) electrons. The number of hydrogen-bond donors (Lipinski definition) is 1. The van der Waals surface area contributed by atoms with Crippen molar-refractivity contribution in [3.05, 3.63) is 52.8 Å². The molecule has 2 fully saturated rings. The predicted molar refractivity (Wildman–Crippen MR) is 125 cm³/mol. The van der Waals surface area contributed by atoms with Crippen molar-refractivity contribution in [3.8, 4) is 11.5 Å². The number of likely N-dealkylation sites (tertiary alicyclic amines) is 1. The Labute approximate surface area is 195 Å². The second kappa shape index (κ2) is 10.1. The Morgan fingerprint density at radius 2 is 1.88 bits per heavy atom. The summed E-state index contributed by atoms with van der Waals surface area (Å²) in [6.07, 6.45) is 8.69. The molecule has 172 valence electrons. The van der Waals surface area contributed by atoms with Gasteiger partial charge in [-0.15, -0.1) is 0 Å². The summed E-state index contributed by atoms with van der Waals surface area (Å²) in [6.45, 7) is 3.48. The standard InChI is InChI=1S/C25H32ClN3O3/c1-31-22-14-19(21(26)15-23(22)32-2)17-29-12-7-25(8-13-29)16-20(25)24(30)28-9-3-4-18-5-10-27-11-6-18/h5-6,10-11,14-15,20H,3-4,7-9,12-13,16-17H2,1-2H3,(H,28,30)/t20-/m1/s1. The molecule has 1 saturated heterocycles. The van der Waals surface area contributed by atoms with Crippen LogP contribution in [0.5, 0.6) is 11.5 Å². The van der Waals surface area contributed by atoms with Gasteiger partial charge in [-0.05, 0) is 79.9 Å². The molecule has 1 aromatic carbocycles. The highest BCUT2D eigenvalue weighted by atomic mass is 35.5. The van der Waals surface area contributed by atoms with Gasteiger partial charge in [0.1, 0.15) is 0 Å². The Kier molecular flexibility index (Phi) is 7.21. The van der Waals surface area contributed by atoms with Crippen molar-refractivity contribution in [1.29, 1.82) is 0 Å². The number of nitrogens with zero attached hydrogens (tertiary/aromatic N) is 2. The van der Waals surface area contributed by atoms with Gasteiger partial charge in [-0.3, -0.25) is 14.7 Å². The second-order valence-corrected chi connectivity index (χ2v) is 9.35. The van der Waals surface area contributed by atoms with Crippen LogP contribution in [-0.2, 0) is 17.8 Å². The number of halogens is 1. The van der Waals surface area contributed by atoms with Crippen LogP contribution in [0.1, 0.15) is 36.8 Å². The molecule has 7 heteroatoms. The summed E-state index contributed by atoms with van der Waals surface area (Å²) in [5.41, 5.74) is 2.51. The molecule has 0 bridgehead atoms. The molecule has 1 saturated carbocycles. The summed E-state index contributed by atoms with van der Waals surface area (Å²) in [7, 11) is 3.25. The lowest BCUT2D eigenvalue weighted by Gasteiger charge is -2.33. The molecule has 32 heavy (non-hydrogen) atoms. The number of hydrogen-bond acceptors (Lipinski definition) is 5. The van der Waals surface area contributed by atoms with Crippen molar-refractivity contribution >= 4 is 17.5 Å². The number of amides is 1. The molecule has 2 aromatic rings. The van der Waals surface area contributed by atoms with Crippen LogP contribution in [0.3, 0.4) is 0 Å². The first-order valence-electron chi connectivity index (χ1n) is 11.3. The van der Waals surface area contributed by atoms with Crippen LogP contribution in [0, 0.1) is 11.3 Å². The van der Waals surface area contributed by atoms with Gasteiger partial charge < -0.3 is 14.8 Å². The largest absolute Gasteiger partial charge is 0.493 e. The Balaban J connectivity index is 1.22. The number of aromatic nitrogens is 1. The van der Waals surface area contributed by atoms with Crippen molar-refractivity contribution in [2.75, 3.05) is 33.9 Å². The van der Waals surface area contributed by atoms with E-state index in [1.165, 1.54) is 5.56 Å². The fraction of sp³-hybridized carbons (Fsp3) is 0.520. The zero-order valence-electron chi connectivity index (χ0n) is 18.9. The zero-order chi connectivity index (χ0) is 22.6. The lowest BCUT2D eigenvalue weighted by Crippen LogP contribution is -2.37. The SMILES string of the molecule is COc1cc(Cl)c(CN2CCC3(CC2)C[C@@H]3C(=O)NCCCc2ccncc2)cc1OC. The average Bonchev–Trinajstić information content (AvgIpc) is 3.53. The van der Waals surface area contributed by atoms with E-state index in [9.17, 15) is 4.79 Å². The normalized spacial score (nSPS) is 19.5. The van der Waals surface area contributed by atoms with E-state index in [1.54, 1.807) is 14.2 Å². The highest BCUT2D eigenvalue weighted by Gasteiger charge is 2.58. The first kappa shape index (κ1) is 22.9. The highest BCUT2D eigenvalue weighted by Crippen LogP contribution is 2.59. The number of carbonyl (C=O) groups is 1. The van der Waals surface area contributed by atoms with Gasteiger partial charge in [-0.1, -0.05) is 11.6 Å². The van der Waals surface area contributed by atoms with Gasteiger partial charge in [-0.25, -0.2) is 0 Å². The number of ether oxygens (including phenoxy) is 2. The smallest absolute Gasteiger partial charge is 0.223 e. The van der Waals surface area contributed by atoms with Crippen molar-refractivity contribution in [2.24, 2.45) is 11.3 Å². The van der Waals surface area contributed by atoms with Gasteiger partial charge in [0.05, 0.1) is 14.2 Å². The van der Waals surface area contributed by atoms with Gasteiger partial charge in [-0.2, -0.15) is 0 Å². The van der Waals surface area contributed by atoms with Crippen molar-refractivity contribution in [3.63, 3.8) is 0 Å². The number of benzene rings is 1. The number of carbonyl (C=O) groups excluding carboxylic acids is 1. The van der Waals surface area contributed by atoms with Crippen LogP contribution >= 0.6 is 11.6 Å². The average molecular weight is 458 g/mol. The van der Waals surface area contributed by atoms with Crippen LogP contribution in [0.25, 0.3) is 0 Å². The third-order valence-corrected chi connectivity index (χ3v) is 7.35. The lowest BCUT2D eigenvalue weighted by atomic mass is 9.90. The maximum Gasteiger partial charge on any atom is 0.223 e. The minimum atomic E-state index is 0.176. The number of rotatable bonds is 9. The maximum atomic E-state index is 12.7. The summed E-state index contributed by atoms with van der Waals surface area (Å²) in [5.74, 6) is 1.75. The van der Waals surface area contributed by atoms with Crippen LogP contribution < -0.4 is 14.8 Å². The van der Waals surface area contributed by atoms with Crippen LogP contribution in [0.4, 0.5) is 0 Å². The Bertz CT molecular complexity index is 930. The molecular formula is C25H32ClN3O3. The molecule has 6 nitrogen and oxygen atoms in total. The number of aryl methyl sites for hydroxylation is 1. The van der Waals surface area contributed by atoms with Gasteiger partial charge in [0.15, 0.2) is 11.5 Å². The van der Waals surface area contributed by atoms with E-state index in [-0.39, 0.29) is 17.2 Å². The van der Waals surface area contributed by atoms with E-state index < -0.39 is 0 Å². The van der Waals surface area contributed by atoms with E-state index in [0.717, 1.165) is 63.8 Å². The molecule has 1 atom stereocenters. The molecule has 1 aliphatic heterocycles. The number of methoxy groups -OCH3 is 2. The zero-order valence-corrected chi connectivity index (χ0v) is 19.7. The molecule has 1 aliphatic carbocycles. The molecular weight excluding hydrogens is 426 g/mol. The lowest BCUT2D eigenvalue weighted by molar-refractivity contribution is -0.123. The number of nitrogens with one attached hydrogen (secondary N) is 1. The van der Waals surface area contributed by atoms with E-state index in [4.69, 9.17) is 21.1 Å². The minimum Gasteiger partial charge on any atom is -0.493 e. The number of piperidine rings is 1. The quantitative estimate of drug-likeness (QED) is 0.574. The molecule has 1 amide bonds. The van der Waals surface area contributed by atoms with Crippen molar-refractivity contribution in [2.45, 2.75) is 38.6 Å². The summed E-state index contributed by atoms with van der Waals surface area (Å²) in [6, 6.07) is 7.84. The third-order valence-electron chi connectivity index (χ3n) is 7.00. The van der Waals surface area contributed by atoms with E-state index in [0.29, 0.717) is 16.5 Å². The minimum absolute atomic E-state index is 0.176. The topological polar surface area (TPSA) is 63.7 Å². The third kappa shape index (κ3) is 5.18. The first-order chi connectivity index (χ1) is 15.5. The van der Waals surface area contributed by atoms with Crippen molar-refractivity contribution < 1.29 is 14.3 Å². The maximum absolute atomic E-state index is 12.7. The highest BCUT2D eigenvalue weighted by molar-refractivity contribution is 6.31. The fourth-order valence-corrected chi connectivity index (χ4v) is 5.08. The molecule has 0 unspecified atom stereocenters. The van der Waals surface area contributed by atoms with E-state index in [1.807, 2.05) is 36.7 Å². The van der Waals surface area contributed by atoms with Crippen LogP contribution in [0.15, 0.2) is 36.7 Å². The second-order valence-electron chi connectivity index (χ2n) is 8.94. The predicted octanol–water partition coefficient (Wildman–Crippen LogP) is 4.10. The fourth-order valence-electron chi connectivity index (χ4n) is 4.86. The van der Waals surface area contributed by atoms with Crippen molar-refractivity contribution in [1.82, 2.24) is 15.2 Å². The van der Waals surface area contributed by atoms with E-state index in [2.05, 4.69) is 15.2 Å². The molecule has 1 spiro atoms. The summed E-state index contributed by atoms with van der Waals surface area (Å²) >= 11 is 6.47. The van der Waals surface area contributed by atoms with Gasteiger partial charge in [0.2, 0.25) is 5.91 Å². The van der Waals surface area contributed by atoms with Gasteiger partial charge in [0, 0.05) is 42.5 Å². The molecule has 2 aliphatic rings. The summed E-state index contributed by atoms with van der Waals surface area (Å²) in [5, 5.41) is 3.85. The molecule has 1 aromatic heterocycles. The number of pyridine rings is 1. The van der Waals surface area contributed by atoms with Gasteiger partial charge in [0.25, 0.3) is 0 Å². The first-order valence-corrected chi connectivity index (χ1v) is 11.7. The molecule has 4 rings (SSSR count). The van der Waals surface area contributed by atoms with Crippen LogP contribution in [0.2, 0.25) is 5.02 Å². The summed E-state index contributed by atoms with van der Waals surface area (Å²) < 4.78 is 10.7. The van der Waals surface area contributed by atoms with Crippen LogP contribution in [-0.4, -0.2) is 49.6 Å². The monoisotopic (exact) mass is 457 g/mol. The van der Waals surface area contributed by atoms with Gasteiger partial charge >= 0.3 is 0 Å². The molecule has 2 heterocycles. The summed E-state index contributed by atoms with van der Waals surface area (Å²) in [4.78, 5) is 19.1. The Morgan fingerprint density at radius 1 is 1.19 bits per heavy atom. The molecule has 1 N–H and O–H groups in total.